The van der Waals surface area contributed by atoms with Crippen LogP contribution in [0, 0.1) is 22.7 Å². The normalized spacial score (nSPS) is 44.5. The molecule has 5 heteroatoms. The van der Waals surface area contributed by atoms with Gasteiger partial charge in [0.15, 0.2) is 0 Å². The minimum absolute atomic E-state index is 0.0723. The molecule has 6 unspecified atom stereocenters. The molecular weight excluding hydrogens is 320 g/mol. The van der Waals surface area contributed by atoms with Crippen molar-refractivity contribution in [2.24, 2.45) is 22.7 Å². The highest BCUT2D eigenvalue weighted by Gasteiger charge is 2.58. The van der Waals surface area contributed by atoms with Gasteiger partial charge in [0.05, 0.1) is 25.4 Å². The van der Waals surface area contributed by atoms with E-state index in [-0.39, 0.29) is 29.8 Å². The summed E-state index contributed by atoms with van der Waals surface area (Å²) in [5.41, 5.74) is 0.675. The molecule has 3 N–H and O–H groups in total. The lowest BCUT2D eigenvalue weighted by Gasteiger charge is -2.60. The number of ether oxygens (including phenoxy) is 1. The van der Waals surface area contributed by atoms with Crippen LogP contribution in [-0.2, 0) is 9.53 Å². The second kappa shape index (κ2) is 6.53. The fourth-order valence-corrected chi connectivity index (χ4v) is 5.67. The van der Waals surface area contributed by atoms with Crippen LogP contribution in [0.2, 0.25) is 0 Å². The van der Waals surface area contributed by atoms with Gasteiger partial charge in [-0.3, -0.25) is 0 Å². The molecule has 2 saturated carbocycles. The van der Waals surface area contributed by atoms with Crippen molar-refractivity contribution in [3.8, 4) is 0 Å². The molecule has 0 aromatic rings. The lowest BCUT2D eigenvalue weighted by Crippen LogP contribution is -2.59. The molecule has 0 amide bonds. The number of hydrogen-bond donors (Lipinski definition) is 3. The number of hydrogen-bond acceptors (Lipinski definition) is 5. The monoisotopic (exact) mass is 350 g/mol. The lowest BCUT2D eigenvalue weighted by molar-refractivity contribution is -0.161. The number of cyclic esters (lactones) is 1. The highest BCUT2D eigenvalue weighted by Crippen LogP contribution is 2.61. The van der Waals surface area contributed by atoms with Gasteiger partial charge in [-0.05, 0) is 43.1 Å². The van der Waals surface area contributed by atoms with Gasteiger partial charge in [0.25, 0.3) is 0 Å². The lowest BCUT2D eigenvalue weighted by atomic mass is 9.46. The third-order valence-electron chi connectivity index (χ3n) is 7.14. The molecule has 0 radical (unpaired) electrons. The van der Waals surface area contributed by atoms with E-state index >= 15 is 0 Å². The molecule has 3 fully saturated rings. The highest BCUT2D eigenvalue weighted by molar-refractivity contribution is 5.90. The standard InChI is InChI=1S/C20H30O5/c1-12-4-5-15-19(2,8-6-16(23)20(15,3)11-21)17(12)14(22)10-13-7-9-25-18(13)24/h10,14-17,21-23H,1,4-9,11H2,2-3H3. The number of carbonyl (C=O) groups is 1. The summed E-state index contributed by atoms with van der Waals surface area (Å²) in [7, 11) is 0. The first-order chi connectivity index (χ1) is 11.7. The van der Waals surface area contributed by atoms with Gasteiger partial charge in [-0.25, -0.2) is 4.79 Å². The molecule has 1 saturated heterocycles. The number of aliphatic hydroxyl groups excluding tert-OH is 3. The maximum absolute atomic E-state index is 11.7. The second-order valence-corrected chi connectivity index (χ2v) is 8.52. The van der Waals surface area contributed by atoms with E-state index in [0.29, 0.717) is 25.0 Å². The molecular formula is C20H30O5. The molecule has 3 aliphatic rings. The molecule has 0 aromatic carbocycles. The molecule has 6 atom stereocenters. The van der Waals surface area contributed by atoms with E-state index in [4.69, 9.17) is 4.74 Å². The zero-order valence-corrected chi connectivity index (χ0v) is 15.2. The summed E-state index contributed by atoms with van der Waals surface area (Å²) in [5.74, 6) is -0.445. The minimum Gasteiger partial charge on any atom is -0.462 e. The van der Waals surface area contributed by atoms with E-state index in [1.807, 2.05) is 6.92 Å². The summed E-state index contributed by atoms with van der Waals surface area (Å²) in [4.78, 5) is 11.7. The zero-order valence-electron chi connectivity index (χ0n) is 15.2. The average Bonchev–Trinajstić information content (AvgIpc) is 2.96. The Morgan fingerprint density at radius 3 is 2.68 bits per heavy atom. The van der Waals surface area contributed by atoms with Gasteiger partial charge in [0, 0.05) is 23.3 Å². The smallest absolute Gasteiger partial charge is 0.333 e. The quantitative estimate of drug-likeness (QED) is 0.411. The molecule has 5 nitrogen and oxygen atoms in total. The van der Waals surface area contributed by atoms with Crippen molar-refractivity contribution >= 4 is 5.97 Å². The number of rotatable bonds is 3. The first-order valence-electron chi connectivity index (χ1n) is 9.26. The predicted molar refractivity (Wildman–Crippen MR) is 93.6 cm³/mol. The van der Waals surface area contributed by atoms with E-state index in [2.05, 4.69) is 13.5 Å². The highest BCUT2D eigenvalue weighted by atomic mass is 16.5. The number of esters is 1. The SMILES string of the molecule is C=C1CCC2C(C)(CO)C(O)CCC2(C)C1C(O)C=C1CCOC1=O. The van der Waals surface area contributed by atoms with Gasteiger partial charge in [0.2, 0.25) is 0 Å². The van der Waals surface area contributed by atoms with E-state index in [9.17, 15) is 20.1 Å². The van der Waals surface area contributed by atoms with Crippen LogP contribution in [0.5, 0.6) is 0 Å². The van der Waals surface area contributed by atoms with Crippen molar-refractivity contribution in [1.29, 1.82) is 0 Å². The van der Waals surface area contributed by atoms with Crippen molar-refractivity contribution in [2.75, 3.05) is 13.2 Å². The van der Waals surface area contributed by atoms with Gasteiger partial charge in [-0.2, -0.15) is 0 Å². The van der Waals surface area contributed by atoms with Crippen molar-refractivity contribution in [3.63, 3.8) is 0 Å². The van der Waals surface area contributed by atoms with Gasteiger partial charge in [-0.15, -0.1) is 0 Å². The molecule has 1 aliphatic heterocycles. The molecule has 0 aromatic heterocycles. The fourth-order valence-electron chi connectivity index (χ4n) is 5.67. The van der Waals surface area contributed by atoms with Crippen LogP contribution < -0.4 is 0 Å². The van der Waals surface area contributed by atoms with Crippen molar-refractivity contribution in [3.05, 3.63) is 23.8 Å². The molecule has 3 rings (SSSR count). The van der Waals surface area contributed by atoms with E-state index in [1.165, 1.54) is 0 Å². The van der Waals surface area contributed by atoms with Crippen molar-refractivity contribution in [2.45, 2.75) is 58.2 Å². The summed E-state index contributed by atoms with van der Waals surface area (Å²) in [6.07, 6.45) is 3.80. The second-order valence-electron chi connectivity index (χ2n) is 8.52. The van der Waals surface area contributed by atoms with Gasteiger partial charge >= 0.3 is 5.97 Å². The average molecular weight is 350 g/mol. The third kappa shape index (κ3) is 2.86. The summed E-state index contributed by atoms with van der Waals surface area (Å²) in [6.45, 7) is 8.60. The van der Waals surface area contributed by atoms with E-state index in [0.717, 1.165) is 24.8 Å². The largest absolute Gasteiger partial charge is 0.462 e. The predicted octanol–water partition coefficient (Wildman–Crippen LogP) is 1.96. The van der Waals surface area contributed by atoms with Crippen LogP contribution in [0.15, 0.2) is 23.8 Å². The Hall–Kier alpha value is -1.17. The maximum atomic E-state index is 11.7. The number of fused-ring (bicyclic) bond motifs is 1. The Bertz CT molecular complexity index is 597. The molecule has 0 spiro atoms. The molecule has 25 heavy (non-hydrogen) atoms. The summed E-state index contributed by atoms with van der Waals surface area (Å²) >= 11 is 0. The van der Waals surface area contributed by atoms with E-state index in [1.54, 1.807) is 6.08 Å². The molecule has 1 heterocycles. The minimum atomic E-state index is -0.806. The van der Waals surface area contributed by atoms with Crippen LogP contribution in [-0.4, -0.2) is 46.7 Å². The Morgan fingerprint density at radius 2 is 2.08 bits per heavy atom. The topological polar surface area (TPSA) is 87.0 Å². The molecule has 0 bridgehead atoms. The summed E-state index contributed by atoms with van der Waals surface area (Å²) in [6, 6.07) is 0. The zero-order chi connectivity index (χ0) is 18.4. The fraction of sp³-hybridized carbons (Fsp3) is 0.750. The Morgan fingerprint density at radius 1 is 1.36 bits per heavy atom. The first-order valence-corrected chi connectivity index (χ1v) is 9.26. The number of aliphatic hydroxyl groups is 3. The van der Waals surface area contributed by atoms with E-state index < -0.39 is 17.6 Å². The summed E-state index contributed by atoms with van der Waals surface area (Å²) < 4.78 is 4.97. The molecule has 2 aliphatic carbocycles. The van der Waals surface area contributed by atoms with Crippen LogP contribution in [0.3, 0.4) is 0 Å². The number of carbonyl (C=O) groups excluding carboxylic acids is 1. The summed E-state index contributed by atoms with van der Waals surface area (Å²) in [5, 5.41) is 31.5. The van der Waals surface area contributed by atoms with Crippen LogP contribution in [0.25, 0.3) is 0 Å². The van der Waals surface area contributed by atoms with Gasteiger partial charge < -0.3 is 20.1 Å². The Balaban J connectivity index is 1.95. The molecule has 140 valence electrons. The Kier molecular flexibility index (Phi) is 4.86. The maximum Gasteiger partial charge on any atom is 0.333 e. The van der Waals surface area contributed by atoms with Crippen molar-refractivity contribution < 1.29 is 24.9 Å². The van der Waals surface area contributed by atoms with Crippen LogP contribution in [0.1, 0.15) is 46.0 Å². The van der Waals surface area contributed by atoms with Gasteiger partial charge in [-0.1, -0.05) is 26.0 Å². The first kappa shape index (κ1) is 18.6. The van der Waals surface area contributed by atoms with Crippen LogP contribution >= 0.6 is 0 Å². The Labute approximate surface area is 149 Å². The van der Waals surface area contributed by atoms with Crippen molar-refractivity contribution in [1.82, 2.24) is 0 Å². The third-order valence-corrected chi connectivity index (χ3v) is 7.14. The van der Waals surface area contributed by atoms with Crippen LogP contribution in [0.4, 0.5) is 0 Å². The van der Waals surface area contributed by atoms with Gasteiger partial charge in [0.1, 0.15) is 0 Å².